The second-order valence-electron chi connectivity index (χ2n) is 9.63. The normalized spacial score (nSPS) is 15.3. The van der Waals surface area contributed by atoms with Gasteiger partial charge in [-0.15, -0.1) is 0 Å². The molecule has 0 aliphatic carbocycles. The van der Waals surface area contributed by atoms with Crippen molar-refractivity contribution in [3.05, 3.63) is 82.5 Å². The van der Waals surface area contributed by atoms with E-state index in [-0.39, 0.29) is 18.9 Å². The van der Waals surface area contributed by atoms with Gasteiger partial charge in [0.2, 0.25) is 5.91 Å². The van der Waals surface area contributed by atoms with E-state index in [0.29, 0.717) is 63.8 Å². The van der Waals surface area contributed by atoms with Gasteiger partial charge in [0, 0.05) is 74.6 Å². The van der Waals surface area contributed by atoms with Crippen LogP contribution in [0.25, 0.3) is 11.1 Å². The number of pyridine rings is 1. The van der Waals surface area contributed by atoms with Crippen molar-refractivity contribution in [2.45, 2.75) is 25.1 Å². The van der Waals surface area contributed by atoms with E-state index in [1.165, 1.54) is 37.6 Å². The molecule has 0 bridgehead atoms. The Morgan fingerprint density at radius 3 is 2.70 bits per heavy atom. The molecule has 12 nitrogen and oxygen atoms in total. The van der Waals surface area contributed by atoms with E-state index in [2.05, 4.69) is 21.8 Å². The van der Waals surface area contributed by atoms with Crippen LogP contribution in [0.3, 0.4) is 0 Å². The number of nitrogens with zero attached hydrogens (tertiary/aromatic N) is 4. The molecule has 2 amide bonds. The molecule has 0 radical (unpaired) electrons. The zero-order valence-corrected chi connectivity index (χ0v) is 24.8. The molecule has 1 aliphatic heterocycles. The first-order valence-electron chi connectivity index (χ1n) is 13.5. The van der Waals surface area contributed by atoms with Gasteiger partial charge in [0.25, 0.3) is 5.91 Å². The summed E-state index contributed by atoms with van der Waals surface area (Å²) in [4.78, 5) is 27.9. The van der Waals surface area contributed by atoms with Crippen LogP contribution in [0.4, 0.5) is 5.69 Å². The van der Waals surface area contributed by atoms with Crippen LogP contribution in [0, 0.1) is 11.3 Å². The molecule has 0 saturated heterocycles. The number of aliphatic hydroxyl groups is 1. The van der Waals surface area contributed by atoms with Crippen molar-refractivity contribution < 1.29 is 28.9 Å². The molecule has 3 heterocycles. The maximum Gasteiger partial charge on any atom is 0.255 e. The first kappa shape index (κ1) is 31.5. The van der Waals surface area contributed by atoms with E-state index in [0.717, 1.165) is 0 Å². The second-order valence-corrected chi connectivity index (χ2v) is 10.1. The molecule has 2 atom stereocenters. The van der Waals surface area contributed by atoms with Gasteiger partial charge in [-0.25, -0.2) is 4.52 Å². The molecular weight excluding hydrogens is 576 g/mol. The molecule has 3 N–H and O–H groups in total. The fourth-order valence-corrected chi connectivity index (χ4v) is 4.88. The van der Waals surface area contributed by atoms with Crippen LogP contribution >= 0.6 is 11.6 Å². The Hall–Kier alpha value is -4.41. The fraction of sp³-hybridized carbons (Fsp3) is 0.333. The van der Waals surface area contributed by atoms with Crippen LogP contribution in [-0.4, -0.2) is 84.8 Å². The Morgan fingerprint density at radius 1 is 1.19 bits per heavy atom. The Balaban J connectivity index is 1.58. The molecule has 0 saturated carbocycles. The Morgan fingerprint density at radius 2 is 1.98 bits per heavy atom. The predicted molar refractivity (Wildman–Crippen MR) is 160 cm³/mol. The van der Waals surface area contributed by atoms with Gasteiger partial charge in [-0.2, -0.15) is 10.4 Å². The van der Waals surface area contributed by atoms with Crippen LogP contribution in [0.5, 0.6) is 0 Å². The third kappa shape index (κ3) is 7.33. The molecule has 1 aliphatic rings. The first-order chi connectivity index (χ1) is 20.8. The average Bonchev–Trinajstić information content (AvgIpc) is 3.43. The summed E-state index contributed by atoms with van der Waals surface area (Å²) in [5.41, 5.74) is 2.62. The van der Waals surface area contributed by atoms with Crippen LogP contribution in [0.2, 0.25) is 5.02 Å². The third-order valence-corrected chi connectivity index (χ3v) is 7.10. The topological polar surface area (TPSA) is 150 Å². The smallest absolute Gasteiger partial charge is 0.255 e. The largest absolute Gasteiger partial charge is 0.495 e. The molecule has 2 aromatic heterocycles. The van der Waals surface area contributed by atoms with Gasteiger partial charge in [-0.05, 0) is 42.8 Å². The van der Waals surface area contributed by atoms with Crippen molar-refractivity contribution in [2.24, 2.45) is 0 Å². The molecule has 4 rings (SSSR count). The highest BCUT2D eigenvalue weighted by atomic mass is 35.5. The van der Waals surface area contributed by atoms with Gasteiger partial charge in [0.15, 0.2) is 0 Å². The van der Waals surface area contributed by atoms with Crippen molar-refractivity contribution >= 4 is 40.2 Å². The summed E-state index contributed by atoms with van der Waals surface area (Å²) in [6.45, 7) is 1.21. The maximum atomic E-state index is 13.7. The van der Waals surface area contributed by atoms with Gasteiger partial charge in [-0.1, -0.05) is 11.6 Å². The van der Waals surface area contributed by atoms with Gasteiger partial charge in [0.1, 0.15) is 18.0 Å². The zero-order valence-electron chi connectivity index (χ0n) is 24.0. The summed E-state index contributed by atoms with van der Waals surface area (Å²) in [6.07, 6.45) is 5.82. The Bertz CT molecular complexity index is 1580. The minimum Gasteiger partial charge on any atom is -0.495 e. The standard InChI is InChI=1S/C30H33ClN6O6/c1-41-11-4-9-33-29(39)24-17-34-37-10-7-21(14-26(24)37)35-30(40)25(8-12-42-2)36-18-27(43-3)23(15-28(36)38)22-13-20(31)6-5-19(22)16-32/h5-7,10,13-15,17-18,25,28,38H,4,8-9,11-12H2,1-3H3,(H,33,39)(H,35,40). The van der Waals surface area contributed by atoms with E-state index >= 15 is 0 Å². The molecule has 226 valence electrons. The summed E-state index contributed by atoms with van der Waals surface area (Å²) < 4.78 is 17.4. The summed E-state index contributed by atoms with van der Waals surface area (Å²) >= 11 is 6.20. The minimum absolute atomic E-state index is 0.232. The molecule has 43 heavy (non-hydrogen) atoms. The van der Waals surface area contributed by atoms with Gasteiger partial charge >= 0.3 is 0 Å². The number of nitriles is 1. The summed E-state index contributed by atoms with van der Waals surface area (Å²) in [5.74, 6) is -0.376. The zero-order chi connectivity index (χ0) is 30.9. The van der Waals surface area contributed by atoms with E-state index < -0.39 is 18.2 Å². The average molecular weight is 609 g/mol. The number of allylic oxidation sites excluding steroid dienone is 1. The van der Waals surface area contributed by atoms with Crippen LogP contribution in [-0.2, 0) is 19.0 Å². The number of halogens is 1. The van der Waals surface area contributed by atoms with Crippen LogP contribution in [0.1, 0.15) is 34.3 Å². The van der Waals surface area contributed by atoms with E-state index in [1.54, 1.807) is 48.2 Å². The molecule has 2 unspecified atom stereocenters. The van der Waals surface area contributed by atoms with Crippen molar-refractivity contribution in [2.75, 3.05) is 46.4 Å². The highest BCUT2D eigenvalue weighted by Crippen LogP contribution is 2.34. The Kier molecular flexibility index (Phi) is 10.7. The van der Waals surface area contributed by atoms with Gasteiger partial charge in [-0.3, -0.25) is 9.59 Å². The quantitative estimate of drug-likeness (QED) is 0.249. The predicted octanol–water partition coefficient (Wildman–Crippen LogP) is 3.17. The number of methoxy groups -OCH3 is 3. The second kappa shape index (κ2) is 14.7. The van der Waals surface area contributed by atoms with Crippen molar-refractivity contribution in [1.29, 1.82) is 5.26 Å². The van der Waals surface area contributed by atoms with Crippen molar-refractivity contribution in [3.63, 3.8) is 0 Å². The minimum atomic E-state index is -1.24. The van der Waals surface area contributed by atoms with Crippen molar-refractivity contribution in [3.8, 4) is 6.07 Å². The lowest BCUT2D eigenvalue weighted by Crippen LogP contribution is -2.47. The molecular formula is C30H33ClN6O6. The number of hydrogen-bond donors (Lipinski definition) is 3. The third-order valence-electron chi connectivity index (χ3n) is 6.87. The molecule has 3 aromatic rings. The lowest BCUT2D eigenvalue weighted by atomic mass is 9.96. The van der Waals surface area contributed by atoms with Gasteiger partial charge in [0.05, 0.1) is 36.0 Å². The highest BCUT2D eigenvalue weighted by Gasteiger charge is 2.33. The van der Waals surface area contributed by atoms with E-state index in [1.807, 2.05) is 0 Å². The first-order valence-corrected chi connectivity index (χ1v) is 13.9. The monoisotopic (exact) mass is 608 g/mol. The molecule has 13 heteroatoms. The highest BCUT2D eigenvalue weighted by molar-refractivity contribution is 6.30. The number of hydrogen-bond acceptors (Lipinski definition) is 9. The molecule has 0 spiro atoms. The van der Waals surface area contributed by atoms with E-state index in [4.69, 9.17) is 25.8 Å². The lowest BCUT2D eigenvalue weighted by molar-refractivity contribution is -0.123. The van der Waals surface area contributed by atoms with Crippen LogP contribution < -0.4 is 10.6 Å². The summed E-state index contributed by atoms with van der Waals surface area (Å²) in [7, 11) is 4.58. The summed E-state index contributed by atoms with van der Waals surface area (Å²) in [5, 5.41) is 31.2. The number of aromatic nitrogens is 2. The van der Waals surface area contributed by atoms with Crippen LogP contribution in [0.15, 0.2) is 60.8 Å². The molecule has 0 fully saturated rings. The summed E-state index contributed by atoms with van der Waals surface area (Å²) in [6, 6.07) is 9.39. The van der Waals surface area contributed by atoms with Crippen molar-refractivity contribution in [1.82, 2.24) is 19.8 Å². The lowest BCUT2D eigenvalue weighted by Gasteiger charge is -2.36. The number of fused-ring (bicyclic) bond motifs is 1. The SMILES string of the molecule is COCCCNC(=O)c1cnn2ccc(NC(=O)C(CCOC)N3C=C(OC)C(c4cc(Cl)ccc4C#N)=CC3O)cc12. The van der Waals surface area contributed by atoms with E-state index in [9.17, 15) is 20.0 Å². The fourth-order valence-electron chi connectivity index (χ4n) is 4.71. The number of carbonyl (C=O) groups excluding carboxylic acids is 2. The number of benzene rings is 1. The number of rotatable bonds is 13. The number of nitrogens with one attached hydrogen (secondary N) is 2. The number of carbonyl (C=O) groups is 2. The number of ether oxygens (including phenoxy) is 3. The number of aliphatic hydroxyl groups excluding tert-OH is 1. The number of anilines is 1. The Labute approximate surface area is 254 Å². The maximum absolute atomic E-state index is 13.7. The number of amides is 2. The molecule has 1 aromatic carbocycles. The van der Waals surface area contributed by atoms with Gasteiger partial charge < -0.3 is 34.9 Å².